The Morgan fingerprint density at radius 1 is 1.24 bits per heavy atom. The van der Waals surface area contributed by atoms with E-state index in [1.165, 1.54) is 19.3 Å². The van der Waals surface area contributed by atoms with E-state index >= 15 is 0 Å². The van der Waals surface area contributed by atoms with Crippen LogP contribution in [-0.2, 0) is 19.6 Å². The summed E-state index contributed by atoms with van der Waals surface area (Å²) in [6, 6.07) is 9.85. The maximum absolute atomic E-state index is 13.1. The first-order valence-electron chi connectivity index (χ1n) is 10.1. The van der Waals surface area contributed by atoms with E-state index in [4.69, 9.17) is 4.42 Å². The van der Waals surface area contributed by atoms with Crippen LogP contribution in [0.25, 0.3) is 0 Å². The predicted octanol–water partition coefficient (Wildman–Crippen LogP) is 2.64. The quantitative estimate of drug-likeness (QED) is 0.632. The van der Waals surface area contributed by atoms with E-state index in [1.54, 1.807) is 28.2 Å². The number of aryl methyl sites for hydroxylation is 1. The predicted molar refractivity (Wildman–Crippen MR) is 107 cm³/mol. The fourth-order valence-corrected chi connectivity index (χ4v) is 3.60. The zero-order chi connectivity index (χ0) is 19.9. The van der Waals surface area contributed by atoms with Crippen LogP contribution in [0, 0.1) is 0 Å². The van der Waals surface area contributed by atoms with Crippen molar-refractivity contribution in [3.05, 3.63) is 66.1 Å². The highest BCUT2D eigenvalue weighted by Gasteiger charge is 2.21. The number of amides is 1. The van der Waals surface area contributed by atoms with E-state index in [0.717, 1.165) is 25.2 Å². The summed E-state index contributed by atoms with van der Waals surface area (Å²) in [5.74, 6) is 0.527. The van der Waals surface area contributed by atoms with Crippen molar-refractivity contribution < 1.29 is 9.21 Å². The summed E-state index contributed by atoms with van der Waals surface area (Å²) in [4.78, 5) is 19.1. The SMILES string of the molecule is O=C(c1cn(CCC2CCCCN2)nn1)N(Cc1ccccn1)Cc1ccco1. The maximum Gasteiger partial charge on any atom is 0.276 e. The molecule has 3 aromatic rings. The molecule has 0 aliphatic carbocycles. The number of hydrogen-bond acceptors (Lipinski definition) is 6. The summed E-state index contributed by atoms with van der Waals surface area (Å²) >= 11 is 0. The van der Waals surface area contributed by atoms with Crippen LogP contribution >= 0.6 is 0 Å². The molecule has 4 heterocycles. The van der Waals surface area contributed by atoms with Gasteiger partial charge in [0.2, 0.25) is 0 Å². The van der Waals surface area contributed by atoms with Gasteiger partial charge >= 0.3 is 0 Å². The van der Waals surface area contributed by atoms with Gasteiger partial charge < -0.3 is 14.6 Å². The number of carbonyl (C=O) groups excluding carboxylic acids is 1. The standard InChI is InChI=1S/C21H26N6O2/c28-21(20-16-27(25-24-20)12-9-17-6-1-3-10-22-17)26(15-19-8-5-13-29-19)14-18-7-2-4-11-23-18/h2,4-5,7-8,11,13,16-17,22H,1,3,6,9-10,12,14-15H2. The molecule has 1 saturated heterocycles. The van der Waals surface area contributed by atoms with E-state index in [9.17, 15) is 4.79 Å². The third-order valence-electron chi connectivity index (χ3n) is 5.17. The molecule has 1 aliphatic heterocycles. The van der Waals surface area contributed by atoms with Crippen LogP contribution in [-0.4, -0.2) is 43.4 Å². The number of furan rings is 1. The number of piperidine rings is 1. The van der Waals surface area contributed by atoms with Gasteiger partial charge in [0.05, 0.1) is 31.2 Å². The van der Waals surface area contributed by atoms with Crippen molar-refractivity contribution in [2.45, 2.75) is 51.4 Å². The van der Waals surface area contributed by atoms with Crippen LogP contribution in [0.15, 0.2) is 53.4 Å². The lowest BCUT2D eigenvalue weighted by Crippen LogP contribution is -2.34. The third kappa shape index (κ3) is 5.29. The molecule has 1 unspecified atom stereocenters. The monoisotopic (exact) mass is 394 g/mol. The van der Waals surface area contributed by atoms with E-state index in [0.29, 0.717) is 30.6 Å². The average Bonchev–Trinajstić information content (AvgIpc) is 3.45. The number of aromatic nitrogens is 4. The van der Waals surface area contributed by atoms with E-state index in [2.05, 4.69) is 20.6 Å². The van der Waals surface area contributed by atoms with Gasteiger partial charge in [-0.1, -0.05) is 17.7 Å². The highest BCUT2D eigenvalue weighted by atomic mass is 16.3. The molecule has 152 valence electrons. The van der Waals surface area contributed by atoms with Crippen molar-refractivity contribution in [3.63, 3.8) is 0 Å². The lowest BCUT2D eigenvalue weighted by Gasteiger charge is -2.23. The molecular formula is C21H26N6O2. The Morgan fingerprint density at radius 2 is 2.21 bits per heavy atom. The minimum absolute atomic E-state index is 0.186. The van der Waals surface area contributed by atoms with Gasteiger partial charge in [-0.2, -0.15) is 0 Å². The second-order valence-corrected chi connectivity index (χ2v) is 7.36. The molecule has 1 amide bonds. The van der Waals surface area contributed by atoms with E-state index in [1.807, 2.05) is 30.3 Å². The molecule has 4 rings (SSSR count). The number of pyridine rings is 1. The second kappa shape index (κ2) is 9.47. The molecule has 0 spiro atoms. The van der Waals surface area contributed by atoms with E-state index in [-0.39, 0.29) is 5.91 Å². The molecule has 1 aliphatic rings. The van der Waals surface area contributed by atoms with Crippen molar-refractivity contribution in [2.24, 2.45) is 0 Å². The lowest BCUT2D eigenvalue weighted by molar-refractivity contribution is 0.0709. The lowest BCUT2D eigenvalue weighted by atomic mass is 10.0. The Bertz CT molecular complexity index is 887. The first-order valence-corrected chi connectivity index (χ1v) is 10.1. The Hall–Kier alpha value is -3.00. The summed E-state index contributed by atoms with van der Waals surface area (Å²) in [5.41, 5.74) is 1.15. The molecular weight excluding hydrogens is 368 g/mol. The van der Waals surface area contributed by atoms with Crippen molar-refractivity contribution >= 4 is 5.91 Å². The van der Waals surface area contributed by atoms with Gasteiger partial charge in [-0.05, 0) is 50.1 Å². The summed E-state index contributed by atoms with van der Waals surface area (Å²) in [5, 5.41) is 11.8. The first kappa shape index (κ1) is 19.3. The second-order valence-electron chi connectivity index (χ2n) is 7.36. The first-order chi connectivity index (χ1) is 14.3. The maximum atomic E-state index is 13.1. The largest absolute Gasteiger partial charge is 0.467 e. The van der Waals surface area contributed by atoms with Gasteiger partial charge in [0.25, 0.3) is 5.91 Å². The van der Waals surface area contributed by atoms with Gasteiger partial charge in [0.1, 0.15) is 5.76 Å². The highest BCUT2D eigenvalue weighted by Crippen LogP contribution is 2.14. The average molecular weight is 394 g/mol. The number of nitrogens with one attached hydrogen (secondary N) is 1. The summed E-state index contributed by atoms with van der Waals surface area (Å²) in [7, 11) is 0. The van der Waals surface area contributed by atoms with E-state index < -0.39 is 0 Å². The van der Waals surface area contributed by atoms with Crippen LogP contribution in [0.5, 0.6) is 0 Å². The molecule has 1 N–H and O–H groups in total. The van der Waals surface area contributed by atoms with Crippen molar-refractivity contribution in [3.8, 4) is 0 Å². The van der Waals surface area contributed by atoms with Crippen LogP contribution in [0.4, 0.5) is 0 Å². The Balaban J connectivity index is 1.43. The topological polar surface area (TPSA) is 89.1 Å². The molecule has 0 aromatic carbocycles. The summed E-state index contributed by atoms with van der Waals surface area (Å²) in [6.45, 7) is 2.55. The number of rotatable bonds is 8. The molecule has 0 radical (unpaired) electrons. The Labute approximate surface area is 169 Å². The molecule has 1 atom stereocenters. The van der Waals surface area contributed by atoms with Crippen LogP contribution in [0.3, 0.4) is 0 Å². The van der Waals surface area contributed by atoms with Crippen molar-refractivity contribution in [1.29, 1.82) is 0 Å². The van der Waals surface area contributed by atoms with Crippen molar-refractivity contribution in [2.75, 3.05) is 6.54 Å². The normalized spacial score (nSPS) is 16.6. The summed E-state index contributed by atoms with van der Waals surface area (Å²) < 4.78 is 7.20. The van der Waals surface area contributed by atoms with Gasteiger partial charge in [0, 0.05) is 18.8 Å². The Morgan fingerprint density at radius 3 is 2.97 bits per heavy atom. The minimum Gasteiger partial charge on any atom is -0.467 e. The zero-order valence-electron chi connectivity index (χ0n) is 16.4. The fraction of sp³-hybridized carbons (Fsp3) is 0.429. The molecule has 29 heavy (non-hydrogen) atoms. The smallest absolute Gasteiger partial charge is 0.276 e. The molecule has 8 nitrogen and oxygen atoms in total. The number of carbonyl (C=O) groups is 1. The fourth-order valence-electron chi connectivity index (χ4n) is 3.60. The van der Waals surface area contributed by atoms with Gasteiger partial charge in [-0.3, -0.25) is 14.5 Å². The van der Waals surface area contributed by atoms with Gasteiger partial charge in [-0.25, -0.2) is 0 Å². The van der Waals surface area contributed by atoms with Gasteiger partial charge in [0.15, 0.2) is 5.69 Å². The number of nitrogens with zero attached hydrogens (tertiary/aromatic N) is 5. The molecule has 0 bridgehead atoms. The van der Waals surface area contributed by atoms with Gasteiger partial charge in [-0.15, -0.1) is 5.10 Å². The number of hydrogen-bond donors (Lipinski definition) is 1. The zero-order valence-corrected chi connectivity index (χ0v) is 16.4. The van der Waals surface area contributed by atoms with Crippen molar-refractivity contribution in [1.82, 2.24) is 30.2 Å². The molecule has 3 aromatic heterocycles. The van der Waals surface area contributed by atoms with Crippen LogP contribution < -0.4 is 5.32 Å². The molecule has 0 saturated carbocycles. The molecule has 1 fully saturated rings. The highest BCUT2D eigenvalue weighted by molar-refractivity contribution is 5.91. The van der Waals surface area contributed by atoms with Crippen LogP contribution in [0.2, 0.25) is 0 Å². The van der Waals surface area contributed by atoms with Crippen LogP contribution in [0.1, 0.15) is 47.6 Å². The summed E-state index contributed by atoms with van der Waals surface area (Å²) in [6.07, 6.45) is 9.77. The Kier molecular flexibility index (Phi) is 6.31. The molecule has 8 heteroatoms. The minimum atomic E-state index is -0.186. The third-order valence-corrected chi connectivity index (χ3v) is 5.17.